The molecule has 2 aromatic rings. The summed E-state index contributed by atoms with van der Waals surface area (Å²) in [6.07, 6.45) is 2.51. The van der Waals surface area contributed by atoms with E-state index in [2.05, 4.69) is 9.62 Å². The third-order valence-electron chi connectivity index (χ3n) is 4.20. The highest BCUT2D eigenvalue weighted by Crippen LogP contribution is 2.22. The molecule has 0 saturated heterocycles. The molecule has 0 fully saturated rings. The second-order valence-corrected chi connectivity index (χ2v) is 7.69. The van der Waals surface area contributed by atoms with E-state index in [-0.39, 0.29) is 17.5 Å². The van der Waals surface area contributed by atoms with Crippen LogP contribution in [0.3, 0.4) is 0 Å². The predicted molar refractivity (Wildman–Crippen MR) is 102 cm³/mol. The van der Waals surface area contributed by atoms with E-state index >= 15 is 0 Å². The van der Waals surface area contributed by atoms with Crippen LogP contribution in [0.25, 0.3) is 0 Å². The van der Waals surface area contributed by atoms with Crippen LogP contribution in [0, 0.1) is 0 Å². The predicted octanol–water partition coefficient (Wildman–Crippen LogP) is 3.43. The van der Waals surface area contributed by atoms with Crippen molar-refractivity contribution in [1.82, 2.24) is 9.62 Å². The van der Waals surface area contributed by atoms with Crippen molar-refractivity contribution in [2.75, 3.05) is 26.2 Å². The van der Waals surface area contributed by atoms with Gasteiger partial charge in [-0.3, -0.25) is 4.90 Å². The summed E-state index contributed by atoms with van der Waals surface area (Å²) in [6, 6.07) is 10.0. The Morgan fingerprint density at radius 1 is 1.12 bits per heavy atom. The van der Waals surface area contributed by atoms with Gasteiger partial charge in [-0.25, -0.2) is 13.1 Å². The van der Waals surface area contributed by atoms with Gasteiger partial charge < -0.3 is 9.15 Å². The first-order chi connectivity index (χ1) is 12.5. The van der Waals surface area contributed by atoms with Gasteiger partial charge in [-0.1, -0.05) is 20.8 Å². The fourth-order valence-corrected chi connectivity index (χ4v) is 3.80. The van der Waals surface area contributed by atoms with Crippen molar-refractivity contribution in [3.8, 4) is 5.75 Å². The lowest BCUT2D eigenvalue weighted by Gasteiger charge is -2.28. The monoisotopic (exact) mass is 380 g/mol. The molecule has 7 heteroatoms. The van der Waals surface area contributed by atoms with Crippen LogP contribution in [0.5, 0.6) is 5.75 Å². The average Bonchev–Trinajstić information content (AvgIpc) is 3.18. The third kappa shape index (κ3) is 5.33. The first-order valence-corrected chi connectivity index (χ1v) is 10.5. The molecule has 26 heavy (non-hydrogen) atoms. The van der Waals surface area contributed by atoms with Crippen LogP contribution in [0.15, 0.2) is 52.0 Å². The molecule has 6 nitrogen and oxygen atoms in total. The maximum absolute atomic E-state index is 12.6. The Balaban J connectivity index is 2.09. The van der Waals surface area contributed by atoms with Crippen molar-refractivity contribution >= 4 is 10.0 Å². The zero-order valence-corrected chi connectivity index (χ0v) is 16.5. The van der Waals surface area contributed by atoms with E-state index in [1.807, 2.05) is 32.9 Å². The second-order valence-electron chi connectivity index (χ2n) is 5.92. The maximum Gasteiger partial charge on any atom is 0.240 e. The van der Waals surface area contributed by atoms with E-state index < -0.39 is 10.0 Å². The van der Waals surface area contributed by atoms with E-state index in [0.717, 1.165) is 25.3 Å². The summed E-state index contributed by atoms with van der Waals surface area (Å²) in [5.41, 5.74) is 0. The van der Waals surface area contributed by atoms with Crippen molar-refractivity contribution in [3.05, 3.63) is 48.4 Å². The molecular formula is C19H28N2O4S. The molecule has 1 atom stereocenters. The van der Waals surface area contributed by atoms with E-state index in [4.69, 9.17) is 9.15 Å². The van der Waals surface area contributed by atoms with Gasteiger partial charge in [0.1, 0.15) is 11.5 Å². The van der Waals surface area contributed by atoms with E-state index in [0.29, 0.717) is 12.4 Å². The second kappa shape index (κ2) is 9.75. The molecule has 0 bridgehead atoms. The Kier molecular flexibility index (Phi) is 7.68. The van der Waals surface area contributed by atoms with Crippen LogP contribution in [0.2, 0.25) is 0 Å². The number of likely N-dealkylation sites (N-methyl/N-ethyl adjacent to an activating group) is 1. The quantitative estimate of drug-likeness (QED) is 0.647. The lowest BCUT2D eigenvalue weighted by Crippen LogP contribution is -2.37. The lowest BCUT2D eigenvalue weighted by molar-refractivity contribution is 0.194. The molecule has 0 amide bonds. The summed E-state index contributed by atoms with van der Waals surface area (Å²) in [5, 5.41) is 0. The summed E-state index contributed by atoms with van der Waals surface area (Å²) in [4.78, 5) is 2.38. The summed E-state index contributed by atoms with van der Waals surface area (Å²) < 4.78 is 39.0. The minimum atomic E-state index is -3.61. The normalized spacial score (nSPS) is 13.1. The van der Waals surface area contributed by atoms with Crippen LogP contribution in [0.1, 0.15) is 39.0 Å². The van der Waals surface area contributed by atoms with Crippen molar-refractivity contribution in [2.24, 2.45) is 0 Å². The molecular weight excluding hydrogens is 352 g/mol. The topological polar surface area (TPSA) is 71.8 Å². The molecule has 1 N–H and O–H groups in total. The Labute approximate surface area is 156 Å². The number of ether oxygens (including phenoxy) is 1. The lowest BCUT2D eigenvalue weighted by atomic mass is 10.2. The Morgan fingerprint density at radius 2 is 1.81 bits per heavy atom. The molecule has 2 rings (SSSR count). The highest BCUT2D eigenvalue weighted by Gasteiger charge is 2.23. The van der Waals surface area contributed by atoms with E-state index in [1.54, 1.807) is 30.5 Å². The van der Waals surface area contributed by atoms with Gasteiger partial charge in [-0.2, -0.15) is 0 Å². The van der Waals surface area contributed by atoms with Crippen LogP contribution >= 0.6 is 0 Å². The highest BCUT2D eigenvalue weighted by molar-refractivity contribution is 7.89. The van der Waals surface area contributed by atoms with Gasteiger partial charge in [0.25, 0.3) is 0 Å². The van der Waals surface area contributed by atoms with Crippen LogP contribution in [-0.2, 0) is 10.0 Å². The Morgan fingerprint density at radius 3 is 2.35 bits per heavy atom. The zero-order chi connectivity index (χ0) is 19.0. The van der Waals surface area contributed by atoms with Gasteiger partial charge in [0, 0.05) is 6.54 Å². The standard InChI is InChI=1S/C19H28N2O4S/c1-4-13-24-16-9-11-17(12-10-16)26(22,23)20-15-18(21(5-2)6-3)19-8-7-14-25-19/h7-12,14,18,20H,4-6,13,15H2,1-3H3/t18-/m1/s1. The number of hydrogen-bond acceptors (Lipinski definition) is 5. The largest absolute Gasteiger partial charge is 0.494 e. The van der Waals surface area contributed by atoms with Gasteiger partial charge >= 0.3 is 0 Å². The summed E-state index contributed by atoms with van der Waals surface area (Å²) in [5.74, 6) is 1.42. The average molecular weight is 381 g/mol. The molecule has 0 aliphatic carbocycles. The molecule has 0 radical (unpaired) electrons. The zero-order valence-electron chi connectivity index (χ0n) is 15.6. The van der Waals surface area contributed by atoms with Crippen molar-refractivity contribution in [1.29, 1.82) is 0 Å². The van der Waals surface area contributed by atoms with Gasteiger partial charge in [-0.05, 0) is 55.9 Å². The number of hydrogen-bond donors (Lipinski definition) is 1. The molecule has 1 heterocycles. The van der Waals surface area contributed by atoms with Gasteiger partial charge in [-0.15, -0.1) is 0 Å². The highest BCUT2D eigenvalue weighted by atomic mass is 32.2. The summed E-state index contributed by atoms with van der Waals surface area (Å²) in [7, 11) is -3.61. The minimum Gasteiger partial charge on any atom is -0.494 e. The summed E-state index contributed by atoms with van der Waals surface area (Å²) >= 11 is 0. The molecule has 1 aromatic carbocycles. The van der Waals surface area contributed by atoms with Crippen LogP contribution < -0.4 is 9.46 Å². The maximum atomic E-state index is 12.6. The number of furan rings is 1. The number of benzene rings is 1. The van der Waals surface area contributed by atoms with Crippen LogP contribution in [-0.4, -0.2) is 39.6 Å². The van der Waals surface area contributed by atoms with Crippen molar-refractivity contribution in [2.45, 2.75) is 38.1 Å². The number of nitrogens with one attached hydrogen (secondary N) is 1. The Bertz CT molecular complexity index is 738. The Hall–Kier alpha value is -1.83. The molecule has 0 aliphatic rings. The van der Waals surface area contributed by atoms with Gasteiger partial charge in [0.15, 0.2) is 0 Å². The van der Waals surface area contributed by atoms with E-state index in [9.17, 15) is 8.42 Å². The van der Waals surface area contributed by atoms with E-state index in [1.165, 1.54) is 0 Å². The van der Waals surface area contributed by atoms with Crippen molar-refractivity contribution < 1.29 is 17.6 Å². The number of nitrogens with zero attached hydrogens (tertiary/aromatic N) is 1. The van der Waals surface area contributed by atoms with Crippen molar-refractivity contribution in [3.63, 3.8) is 0 Å². The smallest absolute Gasteiger partial charge is 0.240 e. The minimum absolute atomic E-state index is 0.151. The molecule has 0 unspecified atom stereocenters. The molecule has 144 valence electrons. The SMILES string of the molecule is CCCOc1ccc(S(=O)(=O)NC[C@H](c2ccco2)N(CC)CC)cc1. The fraction of sp³-hybridized carbons (Fsp3) is 0.474. The van der Waals surface area contributed by atoms with Gasteiger partial charge in [0.05, 0.1) is 23.8 Å². The first kappa shape index (κ1) is 20.5. The molecule has 0 aliphatic heterocycles. The number of sulfonamides is 1. The first-order valence-electron chi connectivity index (χ1n) is 9.01. The molecule has 0 spiro atoms. The third-order valence-corrected chi connectivity index (χ3v) is 5.64. The van der Waals surface area contributed by atoms with Crippen LogP contribution in [0.4, 0.5) is 0 Å². The van der Waals surface area contributed by atoms with Gasteiger partial charge in [0.2, 0.25) is 10.0 Å². The summed E-state index contributed by atoms with van der Waals surface area (Å²) in [6.45, 7) is 8.56. The molecule has 1 aromatic heterocycles. The fourth-order valence-electron chi connectivity index (χ4n) is 2.76. The number of rotatable bonds is 11. The molecule has 0 saturated carbocycles.